The van der Waals surface area contributed by atoms with Crippen molar-refractivity contribution in [1.82, 2.24) is 10.2 Å². The number of amides is 1. The molecule has 0 aromatic heterocycles. The molecule has 1 atom stereocenters. The molecule has 2 heterocycles. The van der Waals surface area contributed by atoms with Crippen LogP contribution in [0, 0.1) is 0 Å². The molecule has 1 saturated heterocycles. The van der Waals surface area contributed by atoms with Crippen LogP contribution in [-0.4, -0.2) is 44.2 Å². The van der Waals surface area contributed by atoms with Gasteiger partial charge in [-0.3, -0.25) is 4.79 Å². The van der Waals surface area contributed by atoms with E-state index in [0.29, 0.717) is 30.1 Å². The summed E-state index contributed by atoms with van der Waals surface area (Å²) in [5.74, 6) is 0.344. The average molecular weight is 438 g/mol. The van der Waals surface area contributed by atoms with Crippen LogP contribution in [0.5, 0.6) is 0 Å². The fourth-order valence-electron chi connectivity index (χ4n) is 4.23. The number of carbonyl (C=O) groups excluding carboxylic acids is 1. The highest BCUT2D eigenvalue weighted by atomic mass is 32.2. The third kappa shape index (κ3) is 4.42. The van der Waals surface area contributed by atoms with E-state index in [1.807, 2.05) is 67.3 Å². The topological polar surface area (TPSA) is 78.8 Å². The number of benzene rings is 2. The van der Waals surface area contributed by atoms with Gasteiger partial charge in [0.25, 0.3) is 10.0 Å². The Morgan fingerprint density at radius 3 is 2.23 bits per heavy atom. The van der Waals surface area contributed by atoms with Crippen molar-refractivity contribution < 1.29 is 13.2 Å². The number of carbonyl (C=O) groups is 1. The van der Waals surface area contributed by atoms with E-state index >= 15 is 0 Å². The molecule has 31 heavy (non-hydrogen) atoms. The molecule has 2 aromatic carbocycles. The second-order valence-corrected chi connectivity index (χ2v) is 9.65. The Morgan fingerprint density at radius 1 is 1.03 bits per heavy atom. The molecule has 2 aliphatic heterocycles. The van der Waals surface area contributed by atoms with Crippen molar-refractivity contribution >= 4 is 26.7 Å². The van der Waals surface area contributed by atoms with Crippen molar-refractivity contribution in [3.63, 3.8) is 0 Å². The predicted molar refractivity (Wildman–Crippen MR) is 123 cm³/mol. The van der Waals surface area contributed by atoms with Gasteiger partial charge in [0, 0.05) is 24.7 Å². The van der Waals surface area contributed by atoms with E-state index < -0.39 is 10.0 Å². The van der Waals surface area contributed by atoms with Crippen molar-refractivity contribution in [2.45, 2.75) is 38.6 Å². The van der Waals surface area contributed by atoms with E-state index in [2.05, 4.69) is 9.71 Å². The molecule has 1 N–H and O–H groups in total. The van der Waals surface area contributed by atoms with Crippen LogP contribution >= 0.6 is 0 Å². The summed E-state index contributed by atoms with van der Waals surface area (Å²) < 4.78 is 29.5. The number of amidine groups is 1. The number of sulfonamides is 1. The van der Waals surface area contributed by atoms with Crippen molar-refractivity contribution in [3.8, 4) is 0 Å². The fraction of sp³-hybridized carbons (Fsp3) is 0.333. The van der Waals surface area contributed by atoms with Crippen molar-refractivity contribution in [3.05, 3.63) is 77.4 Å². The van der Waals surface area contributed by atoms with E-state index in [9.17, 15) is 13.2 Å². The lowest BCUT2D eigenvalue weighted by atomic mass is 9.98. The lowest BCUT2D eigenvalue weighted by Gasteiger charge is -2.34. The summed E-state index contributed by atoms with van der Waals surface area (Å²) in [5.41, 5.74) is 2.35. The maximum Gasteiger partial charge on any atom is 0.285 e. The van der Waals surface area contributed by atoms with Gasteiger partial charge in [-0.15, -0.1) is 4.40 Å². The van der Waals surface area contributed by atoms with Crippen LogP contribution in [0.4, 0.5) is 0 Å². The monoisotopic (exact) mass is 437 g/mol. The molecule has 2 aromatic rings. The largest absolute Gasteiger partial charge is 0.356 e. The molecule has 0 radical (unpaired) electrons. The predicted octanol–water partition coefficient (Wildman–Crippen LogP) is 3.54. The number of rotatable bonds is 4. The minimum Gasteiger partial charge on any atom is -0.356 e. The molecule has 0 saturated carbocycles. The van der Waals surface area contributed by atoms with Gasteiger partial charge in [0.1, 0.15) is 10.7 Å². The van der Waals surface area contributed by atoms with Crippen molar-refractivity contribution in [2.24, 2.45) is 4.40 Å². The van der Waals surface area contributed by atoms with Gasteiger partial charge in [0.05, 0.1) is 5.92 Å². The molecule has 0 spiro atoms. The molecular weight excluding hydrogens is 410 g/mol. The fourth-order valence-corrected chi connectivity index (χ4v) is 5.71. The van der Waals surface area contributed by atoms with Gasteiger partial charge in [-0.05, 0) is 37.8 Å². The zero-order valence-electron chi connectivity index (χ0n) is 17.8. The average Bonchev–Trinajstić information content (AvgIpc) is 3.03. The quantitative estimate of drug-likeness (QED) is 0.794. The molecule has 0 unspecified atom stereocenters. The van der Waals surface area contributed by atoms with Crippen LogP contribution in [0.15, 0.2) is 70.6 Å². The minimum atomic E-state index is -3.71. The molecule has 1 amide bonds. The molecule has 1 fully saturated rings. The Hall–Kier alpha value is -2.93. The second-order valence-electron chi connectivity index (χ2n) is 8.11. The summed E-state index contributed by atoms with van der Waals surface area (Å²) in [6.07, 6.45) is 1.50. The molecule has 7 heteroatoms. The summed E-state index contributed by atoms with van der Waals surface area (Å²) in [7, 11) is -3.71. The zero-order chi connectivity index (χ0) is 22.0. The van der Waals surface area contributed by atoms with Crippen LogP contribution < -0.4 is 5.32 Å². The Balaban J connectivity index is 1.41. The van der Waals surface area contributed by atoms with Gasteiger partial charge in [0.15, 0.2) is 0 Å². The van der Waals surface area contributed by atoms with Crippen LogP contribution in [0.3, 0.4) is 0 Å². The Labute approximate surface area is 183 Å². The van der Waals surface area contributed by atoms with E-state index in [4.69, 9.17) is 0 Å². The smallest absolute Gasteiger partial charge is 0.285 e. The minimum absolute atomic E-state index is 0.0212. The number of hydrogen-bond acceptors (Lipinski definition) is 4. The summed E-state index contributed by atoms with van der Waals surface area (Å²) >= 11 is 0. The van der Waals surface area contributed by atoms with Crippen molar-refractivity contribution in [2.75, 3.05) is 13.1 Å². The van der Waals surface area contributed by atoms with E-state index in [0.717, 1.165) is 18.4 Å². The SMILES string of the molecule is CC1=C(c2ccccc2)S(=O)(=O)N=C1N1CCC(NC(=O)[C@@H](C)c2ccccc2)CC1. The number of nitrogens with zero attached hydrogens (tertiary/aromatic N) is 2. The summed E-state index contributed by atoms with van der Waals surface area (Å²) in [5, 5.41) is 3.15. The molecule has 0 aliphatic carbocycles. The first-order chi connectivity index (χ1) is 14.9. The van der Waals surface area contributed by atoms with E-state index in [-0.39, 0.29) is 22.8 Å². The maximum absolute atomic E-state index is 12.7. The van der Waals surface area contributed by atoms with Gasteiger partial charge >= 0.3 is 0 Å². The lowest BCUT2D eigenvalue weighted by Crippen LogP contribution is -2.47. The molecule has 0 bridgehead atoms. The lowest BCUT2D eigenvalue weighted by molar-refractivity contribution is -0.123. The van der Waals surface area contributed by atoms with Gasteiger partial charge in [-0.2, -0.15) is 8.42 Å². The highest BCUT2D eigenvalue weighted by Crippen LogP contribution is 2.34. The standard InChI is InChI=1S/C24H27N3O3S/c1-17(19-9-5-3-6-10-19)24(28)25-21-13-15-27(16-14-21)23-18(2)22(31(29,30)26-23)20-11-7-4-8-12-20/h3-12,17,21H,13-16H2,1-2H3,(H,25,28)/t17-/m0/s1. The molecule has 2 aliphatic rings. The van der Waals surface area contributed by atoms with E-state index in [1.165, 1.54) is 0 Å². The second kappa shape index (κ2) is 8.67. The van der Waals surface area contributed by atoms with Crippen LogP contribution in [-0.2, 0) is 14.8 Å². The van der Waals surface area contributed by atoms with Gasteiger partial charge in [0.2, 0.25) is 5.91 Å². The summed E-state index contributed by atoms with van der Waals surface area (Å²) in [6.45, 7) is 5.04. The highest BCUT2D eigenvalue weighted by molar-refractivity contribution is 8.00. The van der Waals surface area contributed by atoms with E-state index in [1.54, 1.807) is 12.1 Å². The summed E-state index contributed by atoms with van der Waals surface area (Å²) in [6, 6.07) is 18.9. The maximum atomic E-state index is 12.7. The number of nitrogens with one attached hydrogen (secondary N) is 1. The highest BCUT2D eigenvalue weighted by Gasteiger charge is 2.35. The number of piperidine rings is 1. The molecule has 162 valence electrons. The van der Waals surface area contributed by atoms with Crippen molar-refractivity contribution in [1.29, 1.82) is 0 Å². The van der Waals surface area contributed by atoms with Gasteiger partial charge < -0.3 is 10.2 Å². The first-order valence-electron chi connectivity index (χ1n) is 10.6. The van der Waals surface area contributed by atoms with Crippen LogP contribution in [0.1, 0.15) is 43.7 Å². The Kier molecular flexibility index (Phi) is 5.96. The first-order valence-corrected chi connectivity index (χ1v) is 12.0. The normalized spacial score (nSPS) is 19.8. The summed E-state index contributed by atoms with van der Waals surface area (Å²) in [4.78, 5) is 15.0. The number of likely N-dealkylation sites (tertiary alicyclic amines) is 1. The first kappa shape index (κ1) is 21.3. The Bertz CT molecular complexity index is 1120. The Morgan fingerprint density at radius 2 is 1.61 bits per heavy atom. The van der Waals surface area contributed by atoms with Crippen LogP contribution in [0.2, 0.25) is 0 Å². The molecule has 6 nitrogen and oxygen atoms in total. The van der Waals surface area contributed by atoms with Gasteiger partial charge in [-0.25, -0.2) is 0 Å². The van der Waals surface area contributed by atoms with Gasteiger partial charge in [-0.1, -0.05) is 60.7 Å². The third-order valence-corrected chi connectivity index (χ3v) is 7.48. The number of hydrogen-bond donors (Lipinski definition) is 1. The van der Waals surface area contributed by atoms with Crippen LogP contribution in [0.25, 0.3) is 4.91 Å². The zero-order valence-corrected chi connectivity index (χ0v) is 18.6. The molecule has 4 rings (SSSR count). The molecular formula is C24H27N3O3S. The third-order valence-electron chi connectivity index (χ3n) is 6.01.